The maximum Gasteiger partial charge on any atom is 0.338 e. The van der Waals surface area contributed by atoms with Crippen LogP contribution in [-0.2, 0) is 9.53 Å². The number of carbonyl (C=O) groups excluding carboxylic acids is 1. The molecule has 0 unspecified atom stereocenters. The number of esters is 1. The summed E-state index contributed by atoms with van der Waals surface area (Å²) in [5, 5.41) is 6.67. The number of allylic oxidation sites excluding steroid dienone is 1. The molecule has 0 saturated heterocycles. The Morgan fingerprint density at radius 1 is 1.22 bits per heavy atom. The molecule has 0 aromatic heterocycles. The van der Waals surface area contributed by atoms with Gasteiger partial charge in [-0.15, -0.1) is 0 Å². The van der Waals surface area contributed by atoms with Crippen LogP contribution in [0.4, 0.5) is 0 Å². The molecule has 1 fully saturated rings. The molecule has 1 saturated carbocycles. The van der Waals surface area contributed by atoms with Crippen LogP contribution in [0.25, 0.3) is 0 Å². The van der Waals surface area contributed by atoms with Gasteiger partial charge in [-0.1, -0.05) is 6.92 Å². The molecular formula is C20H26N2O4S. The van der Waals surface area contributed by atoms with Crippen molar-refractivity contribution in [3.05, 3.63) is 35.0 Å². The van der Waals surface area contributed by atoms with E-state index in [4.69, 9.17) is 26.4 Å². The molecule has 1 aromatic carbocycles. The predicted molar refractivity (Wildman–Crippen MR) is 107 cm³/mol. The minimum Gasteiger partial charge on any atom is -0.497 e. The first kappa shape index (κ1) is 19.5. The van der Waals surface area contributed by atoms with Crippen LogP contribution < -0.4 is 20.1 Å². The summed E-state index contributed by atoms with van der Waals surface area (Å²) in [4.78, 5) is 13.1. The van der Waals surface area contributed by atoms with Crippen LogP contribution in [0.15, 0.2) is 29.5 Å². The number of hydrogen-bond acceptors (Lipinski definition) is 5. The maximum atomic E-state index is 13.1. The van der Waals surface area contributed by atoms with E-state index in [1.807, 2.05) is 25.1 Å². The molecule has 27 heavy (non-hydrogen) atoms. The highest BCUT2D eigenvalue weighted by atomic mass is 32.1. The van der Waals surface area contributed by atoms with E-state index in [1.165, 1.54) is 0 Å². The number of rotatable bonds is 5. The Balaban J connectivity index is 1.98. The summed E-state index contributed by atoms with van der Waals surface area (Å²) >= 11 is 5.32. The normalized spacial score (nSPS) is 24.9. The van der Waals surface area contributed by atoms with E-state index in [-0.39, 0.29) is 12.1 Å². The van der Waals surface area contributed by atoms with Crippen LogP contribution in [0.3, 0.4) is 0 Å². The van der Waals surface area contributed by atoms with Gasteiger partial charge in [-0.25, -0.2) is 4.79 Å². The molecule has 1 aliphatic heterocycles. The van der Waals surface area contributed by atoms with Crippen molar-refractivity contribution in [3.63, 3.8) is 0 Å². The summed E-state index contributed by atoms with van der Waals surface area (Å²) in [7, 11) is 3.20. The summed E-state index contributed by atoms with van der Waals surface area (Å²) in [6.07, 6.45) is 3.04. The molecule has 3 rings (SSSR count). The fourth-order valence-corrected chi connectivity index (χ4v) is 4.02. The van der Waals surface area contributed by atoms with Crippen molar-refractivity contribution in [2.75, 3.05) is 14.2 Å². The van der Waals surface area contributed by atoms with Crippen molar-refractivity contribution in [3.8, 4) is 11.5 Å². The third-order valence-corrected chi connectivity index (χ3v) is 5.50. The van der Waals surface area contributed by atoms with E-state index in [0.29, 0.717) is 33.8 Å². The molecule has 146 valence electrons. The van der Waals surface area contributed by atoms with Gasteiger partial charge in [-0.05, 0) is 62.5 Å². The van der Waals surface area contributed by atoms with Crippen LogP contribution in [-0.4, -0.2) is 31.4 Å². The monoisotopic (exact) mass is 390 g/mol. The SMILES string of the molecule is COc1ccc(OC)c([C@H]2NC(=S)NC(C)=C2C(=O)O[C@H]2CCC[C@@H]2C)c1. The first-order chi connectivity index (χ1) is 12.9. The largest absolute Gasteiger partial charge is 0.497 e. The van der Waals surface area contributed by atoms with E-state index in [1.54, 1.807) is 14.2 Å². The second kappa shape index (κ2) is 8.17. The molecule has 0 radical (unpaired) electrons. The lowest BCUT2D eigenvalue weighted by Crippen LogP contribution is -2.45. The van der Waals surface area contributed by atoms with E-state index < -0.39 is 6.04 Å². The van der Waals surface area contributed by atoms with Gasteiger partial charge in [-0.3, -0.25) is 0 Å². The Morgan fingerprint density at radius 2 is 2.00 bits per heavy atom. The van der Waals surface area contributed by atoms with E-state index in [0.717, 1.165) is 24.8 Å². The number of methoxy groups -OCH3 is 2. The topological polar surface area (TPSA) is 68.8 Å². The van der Waals surface area contributed by atoms with Crippen molar-refractivity contribution >= 4 is 23.3 Å². The van der Waals surface area contributed by atoms with Gasteiger partial charge >= 0.3 is 5.97 Å². The van der Waals surface area contributed by atoms with Gasteiger partial charge < -0.3 is 24.8 Å². The van der Waals surface area contributed by atoms with E-state index in [2.05, 4.69) is 17.6 Å². The second-order valence-electron chi connectivity index (χ2n) is 7.03. The molecule has 0 amide bonds. The van der Waals surface area contributed by atoms with Gasteiger partial charge in [0.15, 0.2) is 5.11 Å². The van der Waals surface area contributed by atoms with Crippen LogP contribution in [0.5, 0.6) is 11.5 Å². The highest BCUT2D eigenvalue weighted by molar-refractivity contribution is 7.80. The molecule has 1 aromatic rings. The van der Waals surface area contributed by atoms with E-state index >= 15 is 0 Å². The highest BCUT2D eigenvalue weighted by Crippen LogP contribution is 2.37. The standard InChI is InChI=1S/C20H26N2O4S/c1-11-6-5-7-15(11)26-19(23)17-12(2)21-20(27)22-18(17)14-10-13(24-3)8-9-16(14)25-4/h8-11,15,18H,5-7H2,1-4H3,(H2,21,22,27)/t11-,15-,18+/m0/s1. The van der Waals surface area contributed by atoms with Gasteiger partial charge in [0.2, 0.25) is 0 Å². The summed E-state index contributed by atoms with van der Waals surface area (Å²) in [6, 6.07) is 5.01. The second-order valence-corrected chi connectivity index (χ2v) is 7.44. The summed E-state index contributed by atoms with van der Waals surface area (Å²) in [5.74, 6) is 1.37. The minimum absolute atomic E-state index is 0.0421. The number of nitrogens with one attached hydrogen (secondary N) is 2. The van der Waals surface area contributed by atoms with Crippen molar-refractivity contribution in [1.82, 2.24) is 10.6 Å². The maximum absolute atomic E-state index is 13.1. The molecule has 7 heteroatoms. The molecular weight excluding hydrogens is 364 g/mol. The lowest BCUT2D eigenvalue weighted by Gasteiger charge is -2.31. The molecule has 0 spiro atoms. The number of carbonyl (C=O) groups is 1. The quantitative estimate of drug-likeness (QED) is 0.591. The number of ether oxygens (including phenoxy) is 3. The zero-order chi connectivity index (χ0) is 19.6. The average molecular weight is 391 g/mol. The number of hydrogen-bond donors (Lipinski definition) is 2. The smallest absolute Gasteiger partial charge is 0.338 e. The van der Waals surface area contributed by atoms with Gasteiger partial charge in [0, 0.05) is 11.3 Å². The first-order valence-corrected chi connectivity index (χ1v) is 9.56. The zero-order valence-corrected chi connectivity index (χ0v) is 16.9. The van der Waals surface area contributed by atoms with E-state index in [9.17, 15) is 4.79 Å². The molecule has 3 atom stereocenters. The Labute approximate surface area is 165 Å². The van der Waals surface area contributed by atoms with Gasteiger partial charge in [-0.2, -0.15) is 0 Å². The van der Waals surface area contributed by atoms with Crippen molar-refractivity contribution in [2.24, 2.45) is 5.92 Å². The third kappa shape index (κ3) is 4.03. The van der Waals surface area contributed by atoms with Gasteiger partial charge in [0.1, 0.15) is 17.6 Å². The average Bonchev–Trinajstić information content (AvgIpc) is 3.04. The minimum atomic E-state index is -0.479. The van der Waals surface area contributed by atoms with Crippen molar-refractivity contribution in [1.29, 1.82) is 0 Å². The number of thiocarbonyl (C=S) groups is 1. The summed E-state index contributed by atoms with van der Waals surface area (Å²) in [5.41, 5.74) is 1.96. The predicted octanol–water partition coefficient (Wildman–Crippen LogP) is 3.23. The Morgan fingerprint density at radius 3 is 2.63 bits per heavy atom. The van der Waals surface area contributed by atoms with Crippen LogP contribution in [0.1, 0.15) is 44.7 Å². The fourth-order valence-electron chi connectivity index (χ4n) is 3.75. The Bertz CT molecular complexity index is 777. The Kier molecular flexibility index (Phi) is 5.89. The lowest BCUT2D eigenvalue weighted by atomic mass is 9.94. The number of benzene rings is 1. The van der Waals surface area contributed by atoms with Gasteiger partial charge in [0.25, 0.3) is 0 Å². The Hall–Kier alpha value is -2.28. The van der Waals surface area contributed by atoms with Crippen LogP contribution in [0, 0.1) is 5.92 Å². The summed E-state index contributed by atoms with van der Waals surface area (Å²) in [6.45, 7) is 3.96. The first-order valence-electron chi connectivity index (χ1n) is 9.15. The highest BCUT2D eigenvalue weighted by Gasteiger charge is 2.35. The zero-order valence-electron chi connectivity index (χ0n) is 16.1. The van der Waals surface area contributed by atoms with Crippen LogP contribution >= 0.6 is 12.2 Å². The molecule has 2 N–H and O–H groups in total. The fraction of sp³-hybridized carbons (Fsp3) is 0.500. The molecule has 1 heterocycles. The third-order valence-electron chi connectivity index (χ3n) is 5.28. The molecule has 1 aliphatic carbocycles. The molecule has 6 nitrogen and oxygen atoms in total. The lowest BCUT2D eigenvalue weighted by molar-refractivity contribution is -0.146. The van der Waals surface area contributed by atoms with Gasteiger partial charge in [0.05, 0.1) is 25.8 Å². The van der Waals surface area contributed by atoms with Crippen molar-refractivity contribution in [2.45, 2.75) is 45.3 Å². The molecule has 0 bridgehead atoms. The van der Waals surface area contributed by atoms with Crippen LogP contribution in [0.2, 0.25) is 0 Å². The van der Waals surface area contributed by atoms with Crippen molar-refractivity contribution < 1.29 is 19.0 Å². The molecule has 2 aliphatic rings. The summed E-state index contributed by atoms with van der Waals surface area (Å²) < 4.78 is 16.7.